The molecule has 1 aliphatic rings. The fraction of sp³-hybridized carbons (Fsp3) is 0.263. The summed E-state index contributed by atoms with van der Waals surface area (Å²) in [5.74, 6) is -0.0199. The summed E-state index contributed by atoms with van der Waals surface area (Å²) < 4.78 is 0. The molecule has 0 bridgehead atoms. The van der Waals surface area contributed by atoms with E-state index >= 15 is 0 Å². The molecule has 0 spiro atoms. The Kier molecular flexibility index (Phi) is 5.71. The van der Waals surface area contributed by atoms with Crippen LogP contribution in [0.1, 0.15) is 18.5 Å². The van der Waals surface area contributed by atoms with E-state index in [1.165, 1.54) is 0 Å². The molecule has 6 heteroatoms. The van der Waals surface area contributed by atoms with E-state index < -0.39 is 11.2 Å². The molecule has 0 fully saturated rings. The molecule has 2 atom stereocenters. The van der Waals surface area contributed by atoms with Crippen molar-refractivity contribution in [3.63, 3.8) is 0 Å². The first kappa shape index (κ1) is 17.9. The summed E-state index contributed by atoms with van der Waals surface area (Å²) in [5.41, 5.74) is 2.00. The summed E-state index contributed by atoms with van der Waals surface area (Å²) in [6.45, 7) is 1.61. The number of carbonyl (C=O) groups excluding carboxylic acids is 1. The van der Waals surface area contributed by atoms with Crippen LogP contribution in [0, 0.1) is 0 Å². The number of carbonyl (C=O) groups is 2. The summed E-state index contributed by atoms with van der Waals surface area (Å²) >= 11 is 2.91. The van der Waals surface area contributed by atoms with E-state index in [2.05, 4.69) is 0 Å². The van der Waals surface area contributed by atoms with Crippen molar-refractivity contribution in [1.29, 1.82) is 0 Å². The van der Waals surface area contributed by atoms with Gasteiger partial charge in [-0.2, -0.15) is 0 Å². The van der Waals surface area contributed by atoms with Crippen molar-refractivity contribution in [2.24, 2.45) is 0 Å². The second-order valence-electron chi connectivity index (χ2n) is 5.76. The lowest BCUT2D eigenvalue weighted by molar-refractivity contribution is -0.136. The molecular formula is C19H19NO3S2. The second-order valence-corrected chi connectivity index (χ2v) is 8.15. The molecule has 2 aromatic rings. The molecule has 1 aliphatic heterocycles. The van der Waals surface area contributed by atoms with Crippen LogP contribution in [0.15, 0.2) is 59.5 Å². The first-order valence-electron chi connectivity index (χ1n) is 8.01. The fourth-order valence-corrected chi connectivity index (χ4v) is 4.60. The van der Waals surface area contributed by atoms with Crippen molar-refractivity contribution in [3.05, 3.63) is 60.2 Å². The first-order valence-corrected chi connectivity index (χ1v) is 10.0. The fourth-order valence-electron chi connectivity index (χ4n) is 2.76. The number of hydrogen-bond donors (Lipinski definition) is 1. The third-order valence-electron chi connectivity index (χ3n) is 4.09. The second kappa shape index (κ2) is 7.97. The minimum absolute atomic E-state index is 0.0469. The summed E-state index contributed by atoms with van der Waals surface area (Å²) in [4.78, 5) is 26.9. The molecule has 2 unspecified atom stereocenters. The standard InChI is InChI=1S/C19H19NO3S2/c1-13(19(22)23)24-12-18(21)20-15-9-5-6-10-17(15)25-11-16(20)14-7-3-2-4-8-14/h2-10,13,16H,11-12H2,1H3,(H,22,23). The van der Waals surface area contributed by atoms with Crippen molar-refractivity contribution in [1.82, 2.24) is 0 Å². The lowest BCUT2D eigenvalue weighted by Crippen LogP contribution is -2.40. The van der Waals surface area contributed by atoms with Gasteiger partial charge in [-0.05, 0) is 24.6 Å². The number of anilines is 1. The van der Waals surface area contributed by atoms with E-state index in [4.69, 9.17) is 5.11 Å². The van der Waals surface area contributed by atoms with Crippen LogP contribution in [0.4, 0.5) is 5.69 Å². The maximum atomic E-state index is 13.0. The maximum Gasteiger partial charge on any atom is 0.316 e. The molecule has 0 aliphatic carbocycles. The number of nitrogens with zero attached hydrogens (tertiary/aromatic N) is 1. The molecule has 2 aromatic carbocycles. The van der Waals surface area contributed by atoms with Gasteiger partial charge in [0.05, 0.1) is 22.7 Å². The van der Waals surface area contributed by atoms with Gasteiger partial charge in [0.1, 0.15) is 0 Å². The highest BCUT2D eigenvalue weighted by Gasteiger charge is 2.32. The topological polar surface area (TPSA) is 57.6 Å². The molecule has 3 rings (SSSR count). The van der Waals surface area contributed by atoms with Crippen molar-refractivity contribution < 1.29 is 14.7 Å². The van der Waals surface area contributed by atoms with Crippen LogP contribution in [0.3, 0.4) is 0 Å². The SMILES string of the molecule is CC(SCC(=O)N1c2ccccc2SCC1c1ccccc1)C(=O)O. The highest BCUT2D eigenvalue weighted by Crippen LogP contribution is 2.43. The smallest absolute Gasteiger partial charge is 0.316 e. The third-order valence-corrected chi connectivity index (χ3v) is 6.34. The van der Waals surface area contributed by atoms with E-state index in [-0.39, 0.29) is 17.7 Å². The van der Waals surface area contributed by atoms with Crippen molar-refractivity contribution >= 4 is 41.1 Å². The molecule has 0 radical (unpaired) electrons. The number of thioether (sulfide) groups is 2. The van der Waals surface area contributed by atoms with Crippen LogP contribution < -0.4 is 4.90 Å². The Morgan fingerprint density at radius 3 is 2.60 bits per heavy atom. The quantitative estimate of drug-likeness (QED) is 0.856. The first-order chi connectivity index (χ1) is 12.1. The number of carboxylic acid groups (broad SMARTS) is 1. The van der Waals surface area contributed by atoms with Gasteiger partial charge in [-0.15, -0.1) is 23.5 Å². The summed E-state index contributed by atoms with van der Waals surface area (Å²) in [7, 11) is 0. The minimum Gasteiger partial charge on any atom is -0.480 e. The summed E-state index contributed by atoms with van der Waals surface area (Å²) in [6, 6.07) is 17.8. The zero-order chi connectivity index (χ0) is 17.8. The molecule has 130 valence electrons. The zero-order valence-electron chi connectivity index (χ0n) is 13.8. The van der Waals surface area contributed by atoms with Crippen LogP contribution in [-0.2, 0) is 9.59 Å². The average Bonchev–Trinajstić information content (AvgIpc) is 2.65. The molecule has 1 amide bonds. The van der Waals surface area contributed by atoms with Crippen molar-refractivity contribution in [2.45, 2.75) is 23.1 Å². The summed E-state index contributed by atoms with van der Waals surface area (Å²) in [5, 5.41) is 8.44. The largest absolute Gasteiger partial charge is 0.480 e. The number of carboxylic acids is 1. The lowest BCUT2D eigenvalue weighted by Gasteiger charge is -2.37. The highest BCUT2D eigenvalue weighted by atomic mass is 32.2. The third kappa shape index (κ3) is 4.02. The molecule has 1 heterocycles. The van der Waals surface area contributed by atoms with Gasteiger partial charge in [-0.3, -0.25) is 9.59 Å². The van der Waals surface area contributed by atoms with Gasteiger partial charge in [-0.1, -0.05) is 42.5 Å². The van der Waals surface area contributed by atoms with E-state index in [9.17, 15) is 9.59 Å². The Labute approximate surface area is 155 Å². The maximum absolute atomic E-state index is 13.0. The lowest BCUT2D eigenvalue weighted by atomic mass is 10.1. The Hall–Kier alpha value is -1.92. The van der Waals surface area contributed by atoms with Gasteiger partial charge in [0, 0.05) is 10.6 Å². The number of fused-ring (bicyclic) bond motifs is 1. The van der Waals surface area contributed by atoms with Gasteiger partial charge in [0.2, 0.25) is 5.91 Å². The Morgan fingerprint density at radius 2 is 1.88 bits per heavy atom. The monoisotopic (exact) mass is 373 g/mol. The number of rotatable bonds is 5. The van der Waals surface area contributed by atoms with Crippen molar-refractivity contribution in [2.75, 3.05) is 16.4 Å². The zero-order valence-corrected chi connectivity index (χ0v) is 15.4. The van der Waals surface area contributed by atoms with Crippen molar-refractivity contribution in [3.8, 4) is 0 Å². The number of amides is 1. The Balaban J connectivity index is 1.89. The molecular weight excluding hydrogens is 354 g/mol. The van der Waals surface area contributed by atoms with Crippen LogP contribution in [0.25, 0.3) is 0 Å². The molecule has 0 aromatic heterocycles. The minimum atomic E-state index is -0.896. The number of hydrogen-bond acceptors (Lipinski definition) is 4. The van der Waals surface area contributed by atoms with E-state index in [0.717, 1.165) is 33.7 Å². The van der Waals surface area contributed by atoms with Gasteiger partial charge in [0.25, 0.3) is 0 Å². The molecule has 25 heavy (non-hydrogen) atoms. The Bertz CT molecular complexity index is 766. The van der Waals surface area contributed by atoms with Crippen LogP contribution in [0.2, 0.25) is 0 Å². The molecule has 0 saturated carbocycles. The van der Waals surface area contributed by atoms with Crippen LogP contribution >= 0.6 is 23.5 Å². The van der Waals surface area contributed by atoms with Gasteiger partial charge < -0.3 is 10.0 Å². The highest BCUT2D eigenvalue weighted by molar-refractivity contribution is 8.01. The molecule has 4 nitrogen and oxygen atoms in total. The van der Waals surface area contributed by atoms with Crippen LogP contribution in [-0.4, -0.2) is 33.7 Å². The summed E-state index contributed by atoms with van der Waals surface area (Å²) in [6.07, 6.45) is 0. The van der Waals surface area contributed by atoms with E-state index in [1.807, 2.05) is 59.5 Å². The number of benzene rings is 2. The van der Waals surface area contributed by atoms with Gasteiger partial charge in [-0.25, -0.2) is 0 Å². The van der Waals surface area contributed by atoms with Gasteiger partial charge in [0.15, 0.2) is 0 Å². The van der Waals surface area contributed by atoms with Crippen LogP contribution in [0.5, 0.6) is 0 Å². The Morgan fingerprint density at radius 1 is 1.20 bits per heavy atom. The number of para-hydroxylation sites is 1. The normalized spacial score (nSPS) is 17.6. The number of aliphatic carboxylic acids is 1. The predicted molar refractivity (Wildman–Crippen MR) is 103 cm³/mol. The molecule has 1 N–H and O–H groups in total. The predicted octanol–water partition coefficient (Wildman–Crippen LogP) is 4.07. The molecule has 0 saturated heterocycles. The average molecular weight is 373 g/mol. The van der Waals surface area contributed by atoms with Gasteiger partial charge >= 0.3 is 5.97 Å². The van der Waals surface area contributed by atoms with E-state index in [0.29, 0.717) is 0 Å². The van der Waals surface area contributed by atoms with E-state index in [1.54, 1.807) is 18.7 Å².